The zero-order valence-electron chi connectivity index (χ0n) is 16.4. The highest BCUT2D eigenvalue weighted by atomic mass is 32.2. The summed E-state index contributed by atoms with van der Waals surface area (Å²) in [5.74, 6) is -0.809. The molecule has 1 fully saturated rings. The number of aryl methyl sites for hydroxylation is 1. The van der Waals surface area contributed by atoms with Crippen molar-refractivity contribution in [2.24, 2.45) is 0 Å². The van der Waals surface area contributed by atoms with E-state index in [0.717, 1.165) is 31.2 Å². The molecule has 2 aromatic carbocycles. The summed E-state index contributed by atoms with van der Waals surface area (Å²) in [6.07, 6.45) is 6.83. The second-order valence-corrected chi connectivity index (χ2v) is 9.11. The van der Waals surface area contributed by atoms with Crippen molar-refractivity contribution in [2.45, 2.75) is 37.5 Å². The van der Waals surface area contributed by atoms with Crippen LogP contribution in [0, 0.1) is 12.7 Å². The monoisotopic (exact) mass is 416 g/mol. The van der Waals surface area contributed by atoms with Crippen LogP contribution in [-0.4, -0.2) is 31.7 Å². The highest BCUT2D eigenvalue weighted by Gasteiger charge is 2.24. The SMILES string of the molecule is Cc1ccc(F)cc1NC(=O)/C=C/c1ccc(S(=O)(=O)N2CCCCCC2)cc1. The van der Waals surface area contributed by atoms with E-state index < -0.39 is 15.8 Å². The molecule has 0 spiro atoms. The van der Waals surface area contributed by atoms with Crippen LogP contribution in [0.2, 0.25) is 0 Å². The summed E-state index contributed by atoms with van der Waals surface area (Å²) in [6, 6.07) is 10.7. The van der Waals surface area contributed by atoms with Crippen molar-refractivity contribution >= 4 is 27.7 Å². The third-order valence-corrected chi connectivity index (χ3v) is 6.88. The van der Waals surface area contributed by atoms with Crippen LogP contribution in [0.25, 0.3) is 6.08 Å². The van der Waals surface area contributed by atoms with Crippen LogP contribution in [0.15, 0.2) is 53.4 Å². The zero-order valence-corrected chi connectivity index (χ0v) is 17.2. The third-order valence-electron chi connectivity index (χ3n) is 4.97. The first-order valence-electron chi connectivity index (χ1n) is 9.72. The number of carbonyl (C=O) groups is 1. The smallest absolute Gasteiger partial charge is 0.248 e. The molecule has 1 N–H and O–H groups in total. The number of anilines is 1. The maximum absolute atomic E-state index is 13.3. The highest BCUT2D eigenvalue weighted by Crippen LogP contribution is 2.21. The highest BCUT2D eigenvalue weighted by molar-refractivity contribution is 7.89. The molecule has 0 aromatic heterocycles. The lowest BCUT2D eigenvalue weighted by Crippen LogP contribution is -2.31. The van der Waals surface area contributed by atoms with Crippen LogP contribution in [0.5, 0.6) is 0 Å². The largest absolute Gasteiger partial charge is 0.322 e. The molecule has 1 heterocycles. The van der Waals surface area contributed by atoms with E-state index in [-0.39, 0.29) is 10.8 Å². The van der Waals surface area contributed by atoms with Crippen LogP contribution < -0.4 is 5.32 Å². The van der Waals surface area contributed by atoms with E-state index in [1.54, 1.807) is 47.6 Å². The van der Waals surface area contributed by atoms with Gasteiger partial charge in [-0.05, 0) is 61.2 Å². The van der Waals surface area contributed by atoms with Crippen molar-refractivity contribution in [1.82, 2.24) is 4.31 Å². The molecule has 29 heavy (non-hydrogen) atoms. The van der Waals surface area contributed by atoms with Crippen LogP contribution in [0.3, 0.4) is 0 Å². The van der Waals surface area contributed by atoms with Crippen molar-refractivity contribution in [3.8, 4) is 0 Å². The summed E-state index contributed by atoms with van der Waals surface area (Å²) >= 11 is 0. The molecule has 0 saturated carbocycles. The van der Waals surface area contributed by atoms with Gasteiger partial charge in [0.1, 0.15) is 5.82 Å². The van der Waals surface area contributed by atoms with Gasteiger partial charge in [0, 0.05) is 24.9 Å². The first kappa shape index (κ1) is 21.2. The Morgan fingerprint density at radius 1 is 1.03 bits per heavy atom. The van der Waals surface area contributed by atoms with Crippen molar-refractivity contribution < 1.29 is 17.6 Å². The Bertz CT molecular complexity index is 993. The van der Waals surface area contributed by atoms with Crippen molar-refractivity contribution in [3.63, 3.8) is 0 Å². The van der Waals surface area contributed by atoms with Gasteiger partial charge in [-0.3, -0.25) is 4.79 Å². The predicted octanol–water partition coefficient (Wildman–Crippen LogP) is 4.35. The maximum Gasteiger partial charge on any atom is 0.248 e. The topological polar surface area (TPSA) is 66.5 Å². The molecule has 0 radical (unpaired) electrons. The molecule has 1 aliphatic heterocycles. The zero-order chi connectivity index (χ0) is 20.9. The van der Waals surface area contributed by atoms with Crippen molar-refractivity contribution in [1.29, 1.82) is 0 Å². The molecule has 154 valence electrons. The predicted molar refractivity (Wildman–Crippen MR) is 112 cm³/mol. The minimum atomic E-state index is -3.49. The van der Waals surface area contributed by atoms with Gasteiger partial charge >= 0.3 is 0 Å². The molecule has 0 atom stereocenters. The molecule has 3 rings (SSSR count). The number of halogens is 1. The fourth-order valence-electron chi connectivity index (χ4n) is 3.26. The van der Waals surface area contributed by atoms with Crippen LogP contribution in [0.1, 0.15) is 36.8 Å². The van der Waals surface area contributed by atoms with Crippen LogP contribution >= 0.6 is 0 Å². The Labute approximate surface area is 171 Å². The normalized spacial score (nSPS) is 15.9. The standard InChI is InChI=1S/C22H25FN2O3S/c1-17-6-10-19(23)16-21(17)24-22(26)13-9-18-7-11-20(12-8-18)29(27,28)25-14-4-2-3-5-15-25/h6-13,16H,2-5,14-15H2,1H3,(H,24,26)/b13-9+. The summed E-state index contributed by atoms with van der Waals surface area (Å²) in [5, 5.41) is 2.64. The molecule has 0 aliphatic carbocycles. The summed E-state index contributed by atoms with van der Waals surface area (Å²) in [5.41, 5.74) is 1.88. The summed E-state index contributed by atoms with van der Waals surface area (Å²) in [4.78, 5) is 12.4. The molecule has 1 saturated heterocycles. The van der Waals surface area contributed by atoms with Gasteiger partial charge in [0.25, 0.3) is 0 Å². The number of nitrogens with zero attached hydrogens (tertiary/aromatic N) is 1. The molecule has 1 aliphatic rings. The second kappa shape index (κ2) is 9.33. The Morgan fingerprint density at radius 2 is 1.69 bits per heavy atom. The quantitative estimate of drug-likeness (QED) is 0.737. The first-order valence-corrected chi connectivity index (χ1v) is 11.2. The fraction of sp³-hybridized carbons (Fsp3) is 0.318. The van der Waals surface area contributed by atoms with Crippen molar-refractivity contribution in [3.05, 3.63) is 65.5 Å². The van der Waals surface area contributed by atoms with E-state index in [0.29, 0.717) is 24.3 Å². The number of sulfonamides is 1. The van der Waals surface area contributed by atoms with E-state index >= 15 is 0 Å². The number of rotatable bonds is 5. The maximum atomic E-state index is 13.3. The summed E-state index contributed by atoms with van der Waals surface area (Å²) in [7, 11) is -3.49. The average molecular weight is 417 g/mol. The van der Waals surface area contributed by atoms with E-state index in [2.05, 4.69) is 5.32 Å². The van der Waals surface area contributed by atoms with Gasteiger partial charge in [-0.1, -0.05) is 31.0 Å². The average Bonchev–Trinajstić information content (AvgIpc) is 3.00. The number of nitrogens with one attached hydrogen (secondary N) is 1. The minimum Gasteiger partial charge on any atom is -0.322 e. The molecule has 1 amide bonds. The molecule has 7 heteroatoms. The van der Waals surface area contributed by atoms with Crippen LogP contribution in [-0.2, 0) is 14.8 Å². The van der Waals surface area contributed by atoms with Gasteiger partial charge in [0.05, 0.1) is 4.90 Å². The van der Waals surface area contributed by atoms with E-state index in [4.69, 9.17) is 0 Å². The third kappa shape index (κ3) is 5.52. The van der Waals surface area contributed by atoms with E-state index in [1.165, 1.54) is 18.2 Å². The van der Waals surface area contributed by atoms with E-state index in [1.807, 2.05) is 0 Å². The minimum absolute atomic E-state index is 0.261. The van der Waals surface area contributed by atoms with Crippen LogP contribution in [0.4, 0.5) is 10.1 Å². The van der Waals surface area contributed by atoms with Gasteiger partial charge in [0.2, 0.25) is 15.9 Å². The Balaban J connectivity index is 1.66. The number of amides is 1. The number of hydrogen-bond acceptors (Lipinski definition) is 3. The molecule has 0 bridgehead atoms. The van der Waals surface area contributed by atoms with Crippen molar-refractivity contribution in [2.75, 3.05) is 18.4 Å². The Morgan fingerprint density at radius 3 is 2.34 bits per heavy atom. The second-order valence-electron chi connectivity index (χ2n) is 7.17. The molecular formula is C22H25FN2O3S. The number of carbonyl (C=O) groups excluding carboxylic acids is 1. The van der Waals surface area contributed by atoms with E-state index in [9.17, 15) is 17.6 Å². The molecular weight excluding hydrogens is 391 g/mol. The summed E-state index contributed by atoms with van der Waals surface area (Å²) in [6.45, 7) is 2.90. The van der Waals surface area contributed by atoms with Gasteiger partial charge in [-0.25, -0.2) is 12.8 Å². The first-order chi connectivity index (χ1) is 13.9. The lowest BCUT2D eigenvalue weighted by Gasteiger charge is -2.19. The van der Waals surface area contributed by atoms with Gasteiger partial charge < -0.3 is 5.32 Å². The Hall–Kier alpha value is -2.51. The molecule has 0 unspecified atom stereocenters. The number of benzene rings is 2. The Kier molecular flexibility index (Phi) is 6.82. The summed E-state index contributed by atoms with van der Waals surface area (Å²) < 4.78 is 40.5. The molecule has 2 aromatic rings. The lowest BCUT2D eigenvalue weighted by atomic mass is 10.2. The molecule has 5 nitrogen and oxygen atoms in total. The fourth-order valence-corrected chi connectivity index (χ4v) is 4.77. The number of hydrogen-bond donors (Lipinski definition) is 1. The van der Waals surface area contributed by atoms with Gasteiger partial charge in [-0.15, -0.1) is 0 Å². The van der Waals surface area contributed by atoms with Gasteiger partial charge in [-0.2, -0.15) is 4.31 Å². The lowest BCUT2D eigenvalue weighted by molar-refractivity contribution is -0.111. The van der Waals surface area contributed by atoms with Gasteiger partial charge in [0.15, 0.2) is 0 Å².